The van der Waals surface area contributed by atoms with Gasteiger partial charge >= 0.3 is 26.2 Å². The molecular formula is C14H13Cl2NZr. The molecule has 0 unspecified atom stereocenters. The van der Waals surface area contributed by atoms with Crippen molar-refractivity contribution in [2.45, 2.75) is 6.92 Å². The summed E-state index contributed by atoms with van der Waals surface area (Å²) in [5.41, 5.74) is 5.45. The second kappa shape index (κ2) is 7.33. The molecule has 92 valence electrons. The molecule has 1 aliphatic heterocycles. The number of hydrogen-bond donors (Lipinski definition) is 0. The molecule has 1 aromatic rings. The van der Waals surface area contributed by atoms with E-state index < -0.39 is 0 Å². The summed E-state index contributed by atoms with van der Waals surface area (Å²) in [6.07, 6.45) is 6.75. The van der Waals surface area contributed by atoms with Crippen LogP contribution in [0.3, 0.4) is 0 Å². The summed E-state index contributed by atoms with van der Waals surface area (Å²) in [5.74, 6) is 0. The van der Waals surface area contributed by atoms with Gasteiger partial charge in [0.25, 0.3) is 0 Å². The molecule has 0 radical (unpaired) electrons. The smallest absolute Gasteiger partial charge is 1.00 e. The number of anilines is 1. The molecule has 18 heavy (non-hydrogen) atoms. The Kier molecular flexibility index (Phi) is 7.21. The van der Waals surface area contributed by atoms with Gasteiger partial charge in [-0.25, -0.2) is 0 Å². The summed E-state index contributed by atoms with van der Waals surface area (Å²) in [4.78, 5) is 2.30. The van der Waals surface area contributed by atoms with Gasteiger partial charge in [-0.2, -0.15) is 0 Å². The summed E-state index contributed by atoms with van der Waals surface area (Å²) in [6.45, 7) is 3.16. The van der Waals surface area contributed by atoms with E-state index in [2.05, 4.69) is 60.5 Å². The average Bonchev–Trinajstić information content (AvgIpc) is 2.76. The Bertz CT molecular complexity index is 492. The number of benzene rings is 1. The van der Waals surface area contributed by atoms with Gasteiger partial charge in [-0.1, -0.05) is 35.9 Å². The fourth-order valence-corrected chi connectivity index (χ4v) is 2.18. The maximum Gasteiger partial charge on any atom is 2.00 e. The van der Waals surface area contributed by atoms with Crippen LogP contribution < -0.4 is 29.7 Å². The normalized spacial score (nSPS) is 15.4. The van der Waals surface area contributed by atoms with Gasteiger partial charge in [0.05, 0.1) is 0 Å². The third kappa shape index (κ3) is 3.38. The van der Waals surface area contributed by atoms with Gasteiger partial charge in [-0.05, 0) is 30.2 Å². The molecule has 0 fully saturated rings. The molecule has 0 bridgehead atoms. The SMILES string of the molecule is CC1=CC2=CN(c3ccccc3)CC2=C1.[Cl-].[Cl-].[Zr+2]. The minimum absolute atomic E-state index is 0. The Balaban J connectivity index is 0.000000963. The first kappa shape index (κ1) is 17.7. The number of halogens is 2. The molecule has 0 aromatic heterocycles. The fourth-order valence-electron chi connectivity index (χ4n) is 2.18. The molecule has 0 saturated heterocycles. The van der Waals surface area contributed by atoms with Gasteiger partial charge in [0, 0.05) is 18.4 Å². The molecule has 0 atom stereocenters. The molecule has 1 aliphatic carbocycles. The first-order valence-corrected chi connectivity index (χ1v) is 5.26. The third-order valence-corrected chi connectivity index (χ3v) is 2.88. The first-order chi connectivity index (χ1) is 7.33. The zero-order valence-corrected chi connectivity index (χ0v) is 14.0. The largest absolute Gasteiger partial charge is 2.00 e. The predicted octanol–water partition coefficient (Wildman–Crippen LogP) is -2.72. The van der Waals surface area contributed by atoms with E-state index in [1.54, 1.807) is 0 Å². The molecular weight excluding hydrogens is 344 g/mol. The van der Waals surface area contributed by atoms with Gasteiger partial charge in [0.1, 0.15) is 0 Å². The summed E-state index contributed by atoms with van der Waals surface area (Å²) in [5, 5.41) is 0. The molecule has 2 aliphatic rings. The number of fused-ring (bicyclic) bond motifs is 1. The van der Waals surface area contributed by atoms with Crippen LogP contribution in [0.1, 0.15) is 6.92 Å². The Morgan fingerprint density at radius 3 is 2.28 bits per heavy atom. The summed E-state index contributed by atoms with van der Waals surface area (Å²) in [7, 11) is 0. The third-order valence-electron chi connectivity index (χ3n) is 2.88. The predicted molar refractivity (Wildman–Crippen MR) is 63.7 cm³/mol. The van der Waals surface area contributed by atoms with Crippen molar-refractivity contribution < 1.29 is 51.0 Å². The zero-order valence-electron chi connectivity index (χ0n) is 10.0. The van der Waals surface area contributed by atoms with Crippen LogP contribution in [0.2, 0.25) is 0 Å². The maximum absolute atomic E-state index is 2.30. The van der Waals surface area contributed by atoms with Crippen molar-refractivity contribution in [3.63, 3.8) is 0 Å². The van der Waals surface area contributed by atoms with Crippen molar-refractivity contribution in [2.24, 2.45) is 0 Å². The van der Waals surface area contributed by atoms with E-state index in [9.17, 15) is 0 Å². The molecule has 3 rings (SSSR count). The Hall–Kier alpha value is -0.297. The number of para-hydroxylation sites is 1. The molecule has 0 spiro atoms. The van der Waals surface area contributed by atoms with Crippen LogP contribution >= 0.6 is 0 Å². The average molecular weight is 357 g/mol. The Morgan fingerprint density at radius 1 is 1.00 bits per heavy atom. The van der Waals surface area contributed by atoms with Crippen molar-refractivity contribution in [1.29, 1.82) is 0 Å². The van der Waals surface area contributed by atoms with Crippen molar-refractivity contribution in [3.8, 4) is 0 Å². The van der Waals surface area contributed by atoms with Crippen molar-refractivity contribution in [2.75, 3.05) is 11.4 Å². The molecule has 1 aromatic carbocycles. The Morgan fingerprint density at radius 2 is 1.67 bits per heavy atom. The van der Waals surface area contributed by atoms with Crippen LogP contribution in [0, 0.1) is 0 Å². The van der Waals surface area contributed by atoms with E-state index in [4.69, 9.17) is 0 Å². The van der Waals surface area contributed by atoms with Crippen LogP contribution in [-0.4, -0.2) is 6.54 Å². The zero-order chi connectivity index (χ0) is 10.3. The summed E-state index contributed by atoms with van der Waals surface area (Å²) in [6, 6.07) is 10.5. The number of hydrogen-bond acceptors (Lipinski definition) is 1. The van der Waals surface area contributed by atoms with Gasteiger partial charge in [-0.15, -0.1) is 0 Å². The van der Waals surface area contributed by atoms with Gasteiger partial charge in [0.15, 0.2) is 0 Å². The van der Waals surface area contributed by atoms with Gasteiger partial charge in [0.2, 0.25) is 0 Å². The molecule has 0 amide bonds. The monoisotopic (exact) mass is 355 g/mol. The number of nitrogens with zero attached hydrogens (tertiary/aromatic N) is 1. The van der Waals surface area contributed by atoms with E-state index in [-0.39, 0.29) is 51.0 Å². The van der Waals surface area contributed by atoms with Crippen molar-refractivity contribution in [1.82, 2.24) is 0 Å². The van der Waals surface area contributed by atoms with Gasteiger partial charge in [-0.3, -0.25) is 0 Å². The van der Waals surface area contributed by atoms with E-state index in [0.29, 0.717) is 0 Å². The quantitative estimate of drug-likeness (QED) is 0.528. The van der Waals surface area contributed by atoms with Crippen molar-refractivity contribution >= 4 is 5.69 Å². The molecule has 1 heterocycles. The Labute approximate surface area is 140 Å². The topological polar surface area (TPSA) is 3.24 Å². The second-order valence-electron chi connectivity index (χ2n) is 4.11. The molecule has 1 nitrogen and oxygen atoms in total. The fraction of sp³-hybridized carbons (Fsp3) is 0.143. The van der Waals surface area contributed by atoms with Crippen LogP contribution in [0.15, 0.2) is 65.4 Å². The maximum atomic E-state index is 2.30. The van der Waals surface area contributed by atoms with E-state index >= 15 is 0 Å². The minimum Gasteiger partial charge on any atom is -1.00 e. The van der Waals surface area contributed by atoms with Gasteiger partial charge < -0.3 is 29.7 Å². The van der Waals surface area contributed by atoms with E-state index in [1.807, 2.05) is 0 Å². The standard InChI is InChI=1S/C14H13N.2ClH.Zr/c1-11-7-12-9-15(10-13(12)8-11)14-5-3-2-4-6-14;;;/h2-9H,10H2,1H3;2*1H;/q;;;+2/p-2. The number of rotatable bonds is 1. The molecule has 0 N–H and O–H groups in total. The second-order valence-corrected chi connectivity index (χ2v) is 4.11. The molecule has 4 heteroatoms. The minimum atomic E-state index is 0. The van der Waals surface area contributed by atoms with E-state index in [1.165, 1.54) is 22.4 Å². The van der Waals surface area contributed by atoms with Crippen molar-refractivity contribution in [3.05, 3.63) is 65.4 Å². The first-order valence-electron chi connectivity index (χ1n) is 5.26. The van der Waals surface area contributed by atoms with Crippen LogP contribution in [-0.2, 0) is 26.2 Å². The van der Waals surface area contributed by atoms with E-state index in [0.717, 1.165) is 6.54 Å². The van der Waals surface area contributed by atoms with Crippen LogP contribution in [0.25, 0.3) is 0 Å². The summed E-state index contributed by atoms with van der Waals surface area (Å²) < 4.78 is 0. The number of allylic oxidation sites excluding steroid dienone is 3. The summed E-state index contributed by atoms with van der Waals surface area (Å²) >= 11 is 0. The van der Waals surface area contributed by atoms with Crippen LogP contribution in [0.5, 0.6) is 0 Å². The molecule has 0 saturated carbocycles. The van der Waals surface area contributed by atoms with Crippen LogP contribution in [0.4, 0.5) is 5.69 Å².